The number of aromatic nitrogens is 5. The Morgan fingerprint density at radius 2 is 1.68 bits per heavy atom. The highest BCUT2D eigenvalue weighted by atomic mass is 32.2. The predicted molar refractivity (Wildman–Crippen MR) is 158 cm³/mol. The van der Waals surface area contributed by atoms with Crippen LogP contribution in [0.5, 0.6) is 0 Å². The Bertz CT molecular complexity index is 1650. The summed E-state index contributed by atoms with van der Waals surface area (Å²) in [5.74, 6) is 0.680. The Kier molecular flexibility index (Phi) is 7.33. The molecule has 0 spiro atoms. The van der Waals surface area contributed by atoms with Crippen LogP contribution in [0.15, 0.2) is 61.3 Å². The molecule has 11 nitrogen and oxygen atoms in total. The van der Waals surface area contributed by atoms with Gasteiger partial charge in [-0.25, -0.2) is 28.4 Å². The molecule has 1 unspecified atom stereocenters. The van der Waals surface area contributed by atoms with Gasteiger partial charge in [0.15, 0.2) is 5.65 Å². The standard InChI is InChI=1S/C29H34N8O3S/c1-21-18-35(14-15-37(21)27(38)19-36-20-33-25-7-5-11-30-28(25)36)26-8-4-3-6-24(26)22-16-31-29(32-17-22)34-12-9-23(10-13-34)41(2,39)40/h3-8,11,16-17,20-21,23H,9-10,12-15,18-19H2,1-2H3. The summed E-state index contributed by atoms with van der Waals surface area (Å²) in [6, 6.07) is 12.0. The number of piperidine rings is 1. The fraction of sp³-hybridized carbons (Fsp3) is 0.414. The van der Waals surface area contributed by atoms with E-state index in [1.807, 2.05) is 46.1 Å². The third-order valence-corrected chi connectivity index (χ3v) is 9.83. The van der Waals surface area contributed by atoms with E-state index in [0.29, 0.717) is 57.2 Å². The van der Waals surface area contributed by atoms with Crippen molar-refractivity contribution in [3.05, 3.63) is 61.3 Å². The lowest BCUT2D eigenvalue weighted by Gasteiger charge is -2.41. The molecule has 0 aliphatic carbocycles. The number of anilines is 2. The first-order valence-corrected chi connectivity index (χ1v) is 15.9. The summed E-state index contributed by atoms with van der Waals surface area (Å²) in [6.07, 6.45) is 9.58. The van der Waals surface area contributed by atoms with Crippen LogP contribution in [0, 0.1) is 0 Å². The largest absolute Gasteiger partial charge is 0.367 e. The lowest BCUT2D eigenvalue weighted by Crippen LogP contribution is -2.54. The molecule has 0 bridgehead atoms. The van der Waals surface area contributed by atoms with Crippen LogP contribution in [0.1, 0.15) is 19.8 Å². The van der Waals surface area contributed by atoms with E-state index in [9.17, 15) is 13.2 Å². The molecule has 3 aromatic heterocycles. The molecular formula is C29H34N8O3S. The third-order valence-electron chi connectivity index (χ3n) is 8.15. The van der Waals surface area contributed by atoms with Crippen molar-refractivity contribution in [3.8, 4) is 11.1 Å². The number of amides is 1. The van der Waals surface area contributed by atoms with Gasteiger partial charge in [-0.3, -0.25) is 4.79 Å². The Balaban J connectivity index is 1.12. The van der Waals surface area contributed by atoms with Crippen LogP contribution in [-0.4, -0.2) is 94.0 Å². The third kappa shape index (κ3) is 5.61. The monoisotopic (exact) mass is 574 g/mol. The smallest absolute Gasteiger partial charge is 0.242 e. The van der Waals surface area contributed by atoms with E-state index in [1.165, 1.54) is 6.26 Å². The zero-order valence-corrected chi connectivity index (χ0v) is 24.1. The fourth-order valence-corrected chi connectivity index (χ4v) is 6.96. The summed E-state index contributed by atoms with van der Waals surface area (Å²) in [4.78, 5) is 37.6. The number of rotatable bonds is 6. The lowest BCUT2D eigenvalue weighted by atomic mass is 10.0. The highest BCUT2D eigenvalue weighted by Crippen LogP contribution is 2.32. The molecular weight excluding hydrogens is 540 g/mol. The maximum absolute atomic E-state index is 13.3. The Labute approximate surface area is 239 Å². The molecule has 2 fully saturated rings. The van der Waals surface area contributed by atoms with Gasteiger partial charge in [-0.05, 0) is 38.0 Å². The van der Waals surface area contributed by atoms with Gasteiger partial charge in [-0.2, -0.15) is 0 Å². The van der Waals surface area contributed by atoms with Crippen LogP contribution in [0.3, 0.4) is 0 Å². The summed E-state index contributed by atoms with van der Waals surface area (Å²) >= 11 is 0. The average Bonchev–Trinajstić information content (AvgIpc) is 3.39. The van der Waals surface area contributed by atoms with Gasteiger partial charge in [0.05, 0.1) is 11.6 Å². The zero-order valence-electron chi connectivity index (χ0n) is 23.3. The van der Waals surface area contributed by atoms with Crippen LogP contribution in [0.25, 0.3) is 22.3 Å². The number of para-hydroxylation sites is 1. The quantitative estimate of drug-likeness (QED) is 0.343. The number of imidazole rings is 1. The molecule has 2 aliphatic rings. The molecule has 41 heavy (non-hydrogen) atoms. The molecule has 2 aliphatic heterocycles. The predicted octanol–water partition coefficient (Wildman–Crippen LogP) is 2.64. The molecule has 0 radical (unpaired) electrons. The van der Waals surface area contributed by atoms with Crippen LogP contribution < -0.4 is 9.80 Å². The molecule has 12 heteroatoms. The topological polar surface area (TPSA) is 117 Å². The van der Waals surface area contributed by atoms with E-state index in [4.69, 9.17) is 0 Å². The van der Waals surface area contributed by atoms with Crippen molar-refractivity contribution in [1.29, 1.82) is 0 Å². The first kappa shape index (κ1) is 27.1. The van der Waals surface area contributed by atoms with Crippen molar-refractivity contribution in [2.24, 2.45) is 0 Å². The summed E-state index contributed by atoms with van der Waals surface area (Å²) < 4.78 is 25.6. The van der Waals surface area contributed by atoms with E-state index in [0.717, 1.165) is 22.3 Å². The van der Waals surface area contributed by atoms with E-state index in [2.05, 4.69) is 48.8 Å². The van der Waals surface area contributed by atoms with Gasteiger partial charge in [0.1, 0.15) is 21.9 Å². The molecule has 1 atom stereocenters. The van der Waals surface area contributed by atoms with Gasteiger partial charge in [0, 0.05) is 80.4 Å². The second-order valence-corrected chi connectivity index (χ2v) is 13.2. The number of benzene rings is 1. The zero-order chi connectivity index (χ0) is 28.6. The van der Waals surface area contributed by atoms with Crippen molar-refractivity contribution in [2.45, 2.75) is 37.6 Å². The van der Waals surface area contributed by atoms with E-state index in [-0.39, 0.29) is 23.7 Å². The number of carbonyl (C=O) groups excluding carboxylic acids is 1. The number of hydrogen-bond acceptors (Lipinski definition) is 9. The molecule has 0 saturated carbocycles. The minimum absolute atomic E-state index is 0.0283. The molecule has 1 aromatic carbocycles. The second kappa shape index (κ2) is 11.1. The van der Waals surface area contributed by atoms with Crippen LogP contribution in [-0.2, 0) is 21.2 Å². The van der Waals surface area contributed by atoms with E-state index < -0.39 is 9.84 Å². The summed E-state index contributed by atoms with van der Waals surface area (Å²) in [7, 11) is -3.02. The SMILES string of the molecule is CC1CN(c2ccccc2-c2cnc(N3CCC(S(C)(=O)=O)CC3)nc2)CCN1C(=O)Cn1cnc2cccnc21. The first-order valence-electron chi connectivity index (χ1n) is 13.9. The fourth-order valence-electron chi connectivity index (χ4n) is 5.90. The number of fused-ring (bicyclic) bond motifs is 1. The number of hydrogen-bond donors (Lipinski definition) is 0. The van der Waals surface area contributed by atoms with E-state index >= 15 is 0 Å². The van der Waals surface area contributed by atoms with Crippen molar-refractivity contribution in [2.75, 3.05) is 48.8 Å². The Hall–Kier alpha value is -4.06. The highest BCUT2D eigenvalue weighted by Gasteiger charge is 2.30. The molecule has 5 heterocycles. The number of pyridine rings is 1. The number of carbonyl (C=O) groups is 1. The maximum Gasteiger partial charge on any atom is 0.242 e. The molecule has 1 amide bonds. The molecule has 214 valence electrons. The minimum atomic E-state index is -3.02. The van der Waals surface area contributed by atoms with Crippen molar-refractivity contribution in [1.82, 2.24) is 29.4 Å². The minimum Gasteiger partial charge on any atom is -0.367 e. The molecule has 2 saturated heterocycles. The van der Waals surface area contributed by atoms with Crippen molar-refractivity contribution < 1.29 is 13.2 Å². The van der Waals surface area contributed by atoms with Crippen molar-refractivity contribution >= 4 is 38.5 Å². The molecule has 6 rings (SSSR count). The maximum atomic E-state index is 13.3. The van der Waals surface area contributed by atoms with Crippen LogP contribution >= 0.6 is 0 Å². The second-order valence-electron chi connectivity index (χ2n) is 10.9. The first-order chi connectivity index (χ1) is 19.8. The number of piperazine rings is 1. The highest BCUT2D eigenvalue weighted by molar-refractivity contribution is 7.91. The van der Waals surface area contributed by atoms with Crippen LogP contribution in [0.2, 0.25) is 0 Å². The molecule has 0 N–H and O–H groups in total. The van der Waals surface area contributed by atoms with Gasteiger partial charge in [0.25, 0.3) is 0 Å². The van der Waals surface area contributed by atoms with Crippen molar-refractivity contribution in [3.63, 3.8) is 0 Å². The Morgan fingerprint density at radius 3 is 2.41 bits per heavy atom. The average molecular weight is 575 g/mol. The number of sulfone groups is 1. The van der Waals surface area contributed by atoms with E-state index in [1.54, 1.807) is 12.5 Å². The van der Waals surface area contributed by atoms with Gasteiger partial charge >= 0.3 is 0 Å². The lowest BCUT2D eigenvalue weighted by molar-refractivity contribution is -0.134. The van der Waals surface area contributed by atoms with Gasteiger partial charge in [-0.1, -0.05) is 18.2 Å². The van der Waals surface area contributed by atoms with Crippen LogP contribution in [0.4, 0.5) is 11.6 Å². The Morgan fingerprint density at radius 1 is 0.927 bits per heavy atom. The number of nitrogens with zero attached hydrogens (tertiary/aromatic N) is 8. The van der Waals surface area contributed by atoms with Gasteiger partial charge < -0.3 is 19.3 Å². The molecule has 4 aromatic rings. The summed E-state index contributed by atoms with van der Waals surface area (Å²) in [6.45, 7) is 5.59. The normalized spacial score (nSPS) is 18.7. The van der Waals surface area contributed by atoms with Gasteiger partial charge in [-0.15, -0.1) is 0 Å². The van der Waals surface area contributed by atoms with Gasteiger partial charge in [0.2, 0.25) is 11.9 Å². The summed E-state index contributed by atoms with van der Waals surface area (Å²) in [5, 5.41) is -0.286. The summed E-state index contributed by atoms with van der Waals surface area (Å²) in [5.41, 5.74) is 4.54.